The Kier molecular flexibility index (Phi) is 3.56. The maximum atomic E-state index is 12.3. The Morgan fingerprint density at radius 3 is 2.89 bits per heavy atom. The molecule has 1 fully saturated rings. The minimum Gasteiger partial charge on any atom is -0.481 e. The standard InChI is InChI=1S/C12H20N4O2/c1-8-4-5-16(7-9(8)13)12(17)10-6-11(18-3)15(2)14-10/h6,8-9H,4-5,7,13H2,1-3H3. The van der Waals surface area contributed by atoms with Crippen LogP contribution in [0.25, 0.3) is 0 Å². The quantitative estimate of drug-likeness (QED) is 0.818. The van der Waals surface area contributed by atoms with Crippen molar-refractivity contribution in [1.82, 2.24) is 14.7 Å². The molecule has 1 saturated heterocycles. The van der Waals surface area contributed by atoms with Crippen LogP contribution < -0.4 is 10.5 Å². The molecule has 18 heavy (non-hydrogen) atoms. The number of carbonyl (C=O) groups excluding carboxylic acids is 1. The van der Waals surface area contributed by atoms with Crippen LogP contribution >= 0.6 is 0 Å². The van der Waals surface area contributed by atoms with Gasteiger partial charge >= 0.3 is 0 Å². The summed E-state index contributed by atoms with van der Waals surface area (Å²) in [6.45, 7) is 3.46. The zero-order valence-corrected chi connectivity index (χ0v) is 11.1. The third-order valence-electron chi connectivity index (χ3n) is 3.57. The van der Waals surface area contributed by atoms with Gasteiger partial charge in [-0.1, -0.05) is 6.92 Å². The summed E-state index contributed by atoms with van der Waals surface area (Å²) < 4.78 is 6.66. The highest BCUT2D eigenvalue weighted by Gasteiger charge is 2.28. The topological polar surface area (TPSA) is 73.4 Å². The van der Waals surface area contributed by atoms with E-state index >= 15 is 0 Å². The van der Waals surface area contributed by atoms with Gasteiger partial charge in [-0.15, -0.1) is 0 Å². The molecule has 1 aliphatic heterocycles. The summed E-state index contributed by atoms with van der Waals surface area (Å²) in [5.41, 5.74) is 6.41. The van der Waals surface area contributed by atoms with Crippen molar-refractivity contribution in [3.63, 3.8) is 0 Å². The van der Waals surface area contributed by atoms with Crippen LogP contribution in [0.2, 0.25) is 0 Å². The number of hydrogen-bond donors (Lipinski definition) is 1. The predicted octanol–water partition coefficient (Wildman–Crippen LogP) is 0.238. The SMILES string of the molecule is COc1cc(C(=O)N2CCC(C)C(N)C2)nn1C. The monoisotopic (exact) mass is 252 g/mol. The number of aromatic nitrogens is 2. The van der Waals surface area contributed by atoms with Gasteiger partial charge in [-0.3, -0.25) is 4.79 Å². The molecule has 0 aliphatic carbocycles. The molecule has 0 bridgehead atoms. The van der Waals surface area contributed by atoms with Crippen LogP contribution in [0.1, 0.15) is 23.8 Å². The first-order valence-electron chi connectivity index (χ1n) is 6.15. The Balaban J connectivity index is 2.11. The van der Waals surface area contributed by atoms with Gasteiger partial charge in [0, 0.05) is 32.2 Å². The van der Waals surface area contributed by atoms with Crippen molar-refractivity contribution in [3.05, 3.63) is 11.8 Å². The first-order valence-corrected chi connectivity index (χ1v) is 6.15. The largest absolute Gasteiger partial charge is 0.481 e. The fraction of sp³-hybridized carbons (Fsp3) is 0.667. The summed E-state index contributed by atoms with van der Waals surface area (Å²) in [6, 6.07) is 1.71. The lowest BCUT2D eigenvalue weighted by molar-refractivity contribution is 0.0665. The third kappa shape index (κ3) is 2.33. The Labute approximate surface area is 107 Å². The molecular weight excluding hydrogens is 232 g/mol. The molecule has 1 amide bonds. The van der Waals surface area contributed by atoms with E-state index in [-0.39, 0.29) is 11.9 Å². The smallest absolute Gasteiger partial charge is 0.274 e. The van der Waals surface area contributed by atoms with E-state index < -0.39 is 0 Å². The van der Waals surface area contributed by atoms with Gasteiger partial charge in [0.1, 0.15) is 0 Å². The van der Waals surface area contributed by atoms with E-state index in [0.717, 1.165) is 13.0 Å². The average Bonchev–Trinajstić information content (AvgIpc) is 2.73. The van der Waals surface area contributed by atoms with Gasteiger partial charge in [0.2, 0.25) is 5.88 Å². The fourth-order valence-corrected chi connectivity index (χ4v) is 2.19. The van der Waals surface area contributed by atoms with Crippen molar-refractivity contribution in [2.75, 3.05) is 20.2 Å². The van der Waals surface area contributed by atoms with Crippen molar-refractivity contribution >= 4 is 5.91 Å². The van der Waals surface area contributed by atoms with Crippen LogP contribution in [0.15, 0.2) is 6.07 Å². The highest BCUT2D eigenvalue weighted by Crippen LogP contribution is 2.19. The number of likely N-dealkylation sites (tertiary alicyclic amines) is 1. The number of ether oxygens (including phenoxy) is 1. The number of nitrogens with zero attached hydrogens (tertiary/aromatic N) is 3. The molecular formula is C12H20N4O2. The molecule has 0 spiro atoms. The van der Waals surface area contributed by atoms with Gasteiger partial charge in [0.25, 0.3) is 5.91 Å². The average molecular weight is 252 g/mol. The molecule has 6 nitrogen and oxygen atoms in total. The van der Waals surface area contributed by atoms with E-state index in [9.17, 15) is 4.79 Å². The van der Waals surface area contributed by atoms with Crippen molar-refractivity contribution in [2.24, 2.45) is 18.7 Å². The highest BCUT2D eigenvalue weighted by molar-refractivity contribution is 5.92. The Bertz CT molecular complexity index is 443. The summed E-state index contributed by atoms with van der Waals surface area (Å²) in [7, 11) is 3.31. The summed E-state index contributed by atoms with van der Waals surface area (Å²) in [4.78, 5) is 14.0. The predicted molar refractivity (Wildman–Crippen MR) is 67.4 cm³/mol. The van der Waals surface area contributed by atoms with Gasteiger partial charge < -0.3 is 15.4 Å². The van der Waals surface area contributed by atoms with Crippen LogP contribution in [0.4, 0.5) is 0 Å². The Morgan fingerprint density at radius 2 is 2.33 bits per heavy atom. The van der Waals surface area contributed by atoms with E-state index in [1.807, 2.05) is 0 Å². The van der Waals surface area contributed by atoms with E-state index in [4.69, 9.17) is 10.5 Å². The normalized spacial score (nSPS) is 24.1. The fourth-order valence-electron chi connectivity index (χ4n) is 2.19. The molecule has 1 aromatic rings. The van der Waals surface area contributed by atoms with Gasteiger partial charge in [0.15, 0.2) is 5.69 Å². The zero-order chi connectivity index (χ0) is 13.3. The zero-order valence-electron chi connectivity index (χ0n) is 11.1. The first-order chi connectivity index (χ1) is 8.52. The Hall–Kier alpha value is -1.56. The number of aryl methyl sites for hydroxylation is 1. The lowest BCUT2D eigenvalue weighted by Crippen LogP contribution is -2.49. The lowest BCUT2D eigenvalue weighted by Gasteiger charge is -2.34. The molecule has 100 valence electrons. The van der Waals surface area contributed by atoms with Crippen LogP contribution in [-0.4, -0.2) is 46.8 Å². The summed E-state index contributed by atoms with van der Waals surface area (Å²) in [5.74, 6) is 0.969. The van der Waals surface area contributed by atoms with Gasteiger partial charge in [0.05, 0.1) is 7.11 Å². The third-order valence-corrected chi connectivity index (χ3v) is 3.57. The van der Waals surface area contributed by atoms with Crippen molar-refractivity contribution in [2.45, 2.75) is 19.4 Å². The molecule has 2 heterocycles. The number of hydrogen-bond acceptors (Lipinski definition) is 4. The van der Waals surface area contributed by atoms with Crippen molar-refractivity contribution in [1.29, 1.82) is 0 Å². The molecule has 0 aromatic carbocycles. The number of methoxy groups -OCH3 is 1. The summed E-state index contributed by atoms with van der Waals surface area (Å²) in [6.07, 6.45) is 0.941. The molecule has 6 heteroatoms. The maximum absolute atomic E-state index is 12.3. The van der Waals surface area contributed by atoms with E-state index in [0.29, 0.717) is 24.0 Å². The van der Waals surface area contributed by atoms with E-state index in [1.54, 1.807) is 29.8 Å². The van der Waals surface area contributed by atoms with Gasteiger partial charge in [-0.25, -0.2) is 4.68 Å². The summed E-state index contributed by atoms with van der Waals surface area (Å²) in [5, 5.41) is 4.16. The lowest BCUT2D eigenvalue weighted by atomic mass is 9.94. The van der Waals surface area contributed by atoms with Crippen molar-refractivity contribution < 1.29 is 9.53 Å². The second-order valence-electron chi connectivity index (χ2n) is 4.88. The molecule has 2 atom stereocenters. The molecule has 1 aliphatic rings. The summed E-state index contributed by atoms with van der Waals surface area (Å²) >= 11 is 0. The molecule has 2 N–H and O–H groups in total. The second-order valence-corrected chi connectivity index (χ2v) is 4.88. The van der Waals surface area contributed by atoms with Crippen LogP contribution in [-0.2, 0) is 7.05 Å². The highest BCUT2D eigenvalue weighted by atomic mass is 16.5. The molecule has 0 saturated carbocycles. The second kappa shape index (κ2) is 4.97. The van der Waals surface area contributed by atoms with Gasteiger partial charge in [-0.05, 0) is 12.3 Å². The number of nitrogens with two attached hydrogens (primary N) is 1. The minimum absolute atomic E-state index is 0.0494. The number of piperidine rings is 1. The minimum atomic E-state index is -0.0729. The van der Waals surface area contributed by atoms with Crippen LogP contribution in [0, 0.1) is 5.92 Å². The number of rotatable bonds is 2. The van der Waals surface area contributed by atoms with Crippen LogP contribution in [0.3, 0.4) is 0 Å². The molecule has 2 unspecified atom stereocenters. The Morgan fingerprint density at radius 1 is 1.61 bits per heavy atom. The van der Waals surface area contributed by atoms with Crippen LogP contribution in [0.5, 0.6) is 5.88 Å². The van der Waals surface area contributed by atoms with E-state index in [2.05, 4.69) is 12.0 Å². The first kappa shape index (κ1) is 12.9. The molecule has 1 aromatic heterocycles. The maximum Gasteiger partial charge on any atom is 0.274 e. The van der Waals surface area contributed by atoms with Gasteiger partial charge in [-0.2, -0.15) is 5.10 Å². The number of carbonyl (C=O) groups is 1. The number of amides is 1. The van der Waals surface area contributed by atoms with Crippen molar-refractivity contribution in [3.8, 4) is 5.88 Å². The van der Waals surface area contributed by atoms with E-state index in [1.165, 1.54) is 0 Å². The molecule has 2 rings (SSSR count). The molecule has 0 radical (unpaired) electrons.